The summed E-state index contributed by atoms with van der Waals surface area (Å²) in [5.41, 5.74) is 6.73. The zero-order chi connectivity index (χ0) is 26.5. The van der Waals surface area contributed by atoms with E-state index in [0.29, 0.717) is 54.8 Å². The molecule has 0 heterocycles. The van der Waals surface area contributed by atoms with Crippen LogP contribution in [0.15, 0.2) is 47.0 Å². The van der Waals surface area contributed by atoms with Gasteiger partial charge in [-0.05, 0) is 145 Å². The normalized spacial score (nSPS) is 56.4. The van der Waals surface area contributed by atoms with E-state index in [1.165, 1.54) is 77.0 Å². The van der Waals surface area contributed by atoms with E-state index in [2.05, 4.69) is 39.8 Å². The molecule has 0 aromatic rings. The van der Waals surface area contributed by atoms with Gasteiger partial charge in [-0.15, -0.1) is 0 Å². The van der Waals surface area contributed by atoms with Crippen LogP contribution in [0.4, 0.5) is 0 Å². The van der Waals surface area contributed by atoms with Gasteiger partial charge in [-0.1, -0.05) is 51.0 Å². The Morgan fingerprint density at radius 3 is 1.05 bits per heavy atom. The van der Waals surface area contributed by atoms with Gasteiger partial charge in [0.1, 0.15) is 0 Å². The minimum atomic E-state index is 0.340. The van der Waals surface area contributed by atoms with Gasteiger partial charge in [0.2, 0.25) is 0 Å². The lowest BCUT2D eigenvalue weighted by atomic mass is 9.24. The van der Waals surface area contributed by atoms with Crippen LogP contribution >= 0.6 is 0 Å². The van der Waals surface area contributed by atoms with Crippen molar-refractivity contribution in [1.82, 2.24) is 0 Å². The highest BCUT2D eigenvalue weighted by Crippen LogP contribution is 2.86. The van der Waals surface area contributed by atoms with E-state index in [4.69, 9.17) is 0 Å². The molecule has 2 nitrogen and oxygen atoms in total. The van der Waals surface area contributed by atoms with Crippen LogP contribution in [0.3, 0.4) is 0 Å². The minimum Gasteiger partial charge on any atom is -0.512 e. The maximum atomic E-state index is 10.2. The predicted molar refractivity (Wildman–Crippen MR) is 154 cm³/mol. The van der Waals surface area contributed by atoms with Gasteiger partial charge in [-0.2, -0.15) is 0 Å². The number of hydrogen-bond donors (Lipinski definition) is 2. The molecule has 0 aromatic heterocycles. The Labute approximate surface area is 230 Å². The molecule has 0 radical (unpaired) electrons. The Hall–Kier alpha value is -1.44. The molecule has 10 aliphatic rings. The summed E-state index contributed by atoms with van der Waals surface area (Å²) in [4.78, 5) is 0. The average Bonchev–Trinajstić information content (AvgIpc) is 2.75. The SMILES string of the molecule is CC12CC3(C)CC(C4=CC=C(O)CC4)(C1)CC(C14CC5(C)CC(C)(CC(C6=CC=C(O)CC6)(C5)C1)C4)(C2)C3. The van der Waals surface area contributed by atoms with Gasteiger partial charge in [0.05, 0.1) is 11.5 Å². The molecule has 2 heteroatoms. The van der Waals surface area contributed by atoms with Gasteiger partial charge in [0.15, 0.2) is 0 Å². The van der Waals surface area contributed by atoms with E-state index < -0.39 is 0 Å². The molecule has 8 saturated carbocycles. The van der Waals surface area contributed by atoms with E-state index >= 15 is 0 Å². The van der Waals surface area contributed by atoms with Crippen molar-refractivity contribution in [3.63, 3.8) is 0 Å². The fourth-order valence-electron chi connectivity index (χ4n) is 15.3. The van der Waals surface area contributed by atoms with Crippen molar-refractivity contribution < 1.29 is 10.2 Å². The van der Waals surface area contributed by atoms with Crippen LogP contribution < -0.4 is 0 Å². The molecule has 206 valence electrons. The monoisotopic (exact) mass is 514 g/mol. The number of allylic oxidation sites excluding steroid dienone is 8. The first-order chi connectivity index (χ1) is 17.7. The van der Waals surface area contributed by atoms with Crippen LogP contribution in [0, 0.1) is 43.3 Å². The first-order valence-electron chi connectivity index (χ1n) is 15.9. The summed E-state index contributed by atoms with van der Waals surface area (Å²) in [5.74, 6) is 1.16. The molecule has 10 rings (SSSR count). The first-order valence-corrected chi connectivity index (χ1v) is 15.9. The second kappa shape index (κ2) is 6.88. The molecule has 0 aliphatic heterocycles. The smallest absolute Gasteiger partial charge is 0.0925 e. The van der Waals surface area contributed by atoms with Gasteiger partial charge < -0.3 is 10.2 Å². The summed E-state index contributed by atoms with van der Waals surface area (Å²) < 4.78 is 0. The quantitative estimate of drug-likeness (QED) is 0.393. The number of aliphatic hydroxyl groups excluding tert-OH is 2. The number of hydrogen-bond acceptors (Lipinski definition) is 2. The summed E-state index contributed by atoms with van der Waals surface area (Å²) in [6, 6.07) is 0. The fourth-order valence-corrected chi connectivity index (χ4v) is 15.3. The Kier molecular flexibility index (Phi) is 4.41. The predicted octanol–water partition coefficient (Wildman–Crippen LogP) is 10.0. The summed E-state index contributed by atoms with van der Waals surface area (Å²) in [7, 11) is 0. The maximum absolute atomic E-state index is 10.2. The standard InChI is InChI=1S/C36H50O2/c1-29-13-30(2)16-33(15-29,25-5-9-27(37)10-6-25)23-35(19-29,20-30)36-21-31(3)14-32(4,22-36)18-34(17-31,24-36)26-7-11-28(38)12-8-26/h5,7,9,11,37-38H,6,8,10,12-24H2,1-4H3. The first kappa shape index (κ1) is 24.4. The summed E-state index contributed by atoms with van der Waals surface area (Å²) in [6.07, 6.45) is 29.6. The van der Waals surface area contributed by atoms with Gasteiger partial charge >= 0.3 is 0 Å². The Morgan fingerprint density at radius 2 is 0.763 bits per heavy atom. The third kappa shape index (κ3) is 3.13. The third-order valence-electron chi connectivity index (χ3n) is 13.9. The summed E-state index contributed by atoms with van der Waals surface area (Å²) >= 11 is 0. The largest absolute Gasteiger partial charge is 0.512 e. The van der Waals surface area contributed by atoms with Crippen molar-refractivity contribution in [2.24, 2.45) is 43.3 Å². The van der Waals surface area contributed by atoms with Gasteiger partial charge in [0, 0.05) is 12.8 Å². The summed E-state index contributed by atoms with van der Waals surface area (Å²) in [6.45, 7) is 10.7. The van der Waals surface area contributed by atoms with Crippen LogP contribution in [0.1, 0.15) is 130 Å². The Balaban J connectivity index is 1.29. The lowest BCUT2D eigenvalue weighted by molar-refractivity contribution is -0.289. The Morgan fingerprint density at radius 1 is 0.421 bits per heavy atom. The molecule has 8 fully saturated rings. The zero-order valence-corrected chi connectivity index (χ0v) is 24.5. The Bertz CT molecular complexity index is 1110. The molecule has 10 aliphatic carbocycles. The average molecular weight is 515 g/mol. The summed E-state index contributed by atoms with van der Waals surface area (Å²) in [5, 5.41) is 20.5. The molecule has 4 unspecified atom stereocenters. The van der Waals surface area contributed by atoms with E-state index in [1.54, 1.807) is 11.1 Å². The van der Waals surface area contributed by atoms with Crippen molar-refractivity contribution in [2.45, 2.75) is 130 Å². The zero-order valence-electron chi connectivity index (χ0n) is 24.5. The molecule has 0 aromatic carbocycles. The van der Waals surface area contributed by atoms with Crippen molar-refractivity contribution in [1.29, 1.82) is 0 Å². The molecular weight excluding hydrogens is 464 g/mol. The van der Waals surface area contributed by atoms with E-state index in [1.807, 2.05) is 12.2 Å². The van der Waals surface area contributed by atoms with E-state index in [9.17, 15) is 10.2 Å². The van der Waals surface area contributed by atoms with E-state index in [-0.39, 0.29) is 0 Å². The van der Waals surface area contributed by atoms with Crippen molar-refractivity contribution in [3.05, 3.63) is 47.0 Å². The molecule has 38 heavy (non-hydrogen) atoms. The minimum absolute atomic E-state index is 0.340. The highest BCUT2D eigenvalue weighted by molar-refractivity contribution is 5.37. The van der Waals surface area contributed by atoms with Crippen molar-refractivity contribution >= 4 is 0 Å². The van der Waals surface area contributed by atoms with E-state index in [0.717, 1.165) is 25.7 Å². The third-order valence-corrected chi connectivity index (χ3v) is 13.9. The maximum Gasteiger partial charge on any atom is 0.0925 e. The second-order valence-electron chi connectivity index (χ2n) is 18.2. The molecule has 0 amide bonds. The topological polar surface area (TPSA) is 40.5 Å². The van der Waals surface area contributed by atoms with Crippen molar-refractivity contribution in [2.75, 3.05) is 0 Å². The number of aliphatic hydroxyl groups is 2. The molecule has 0 saturated heterocycles. The second-order valence-corrected chi connectivity index (χ2v) is 18.2. The van der Waals surface area contributed by atoms with Crippen LogP contribution in [0.5, 0.6) is 0 Å². The molecule has 2 N–H and O–H groups in total. The van der Waals surface area contributed by atoms with Crippen molar-refractivity contribution in [3.8, 4) is 0 Å². The van der Waals surface area contributed by atoms with Crippen LogP contribution in [-0.2, 0) is 0 Å². The lowest BCUT2D eigenvalue weighted by Gasteiger charge is -2.80. The number of rotatable bonds is 3. The van der Waals surface area contributed by atoms with Gasteiger partial charge in [-0.3, -0.25) is 0 Å². The highest BCUT2D eigenvalue weighted by Gasteiger charge is 2.76. The van der Waals surface area contributed by atoms with Crippen LogP contribution in [0.25, 0.3) is 0 Å². The molecular formula is C36H50O2. The molecule has 8 bridgehead atoms. The van der Waals surface area contributed by atoms with Gasteiger partial charge in [-0.25, -0.2) is 0 Å². The fraction of sp³-hybridized carbons (Fsp3) is 0.778. The van der Waals surface area contributed by atoms with Gasteiger partial charge in [0.25, 0.3) is 0 Å². The molecule has 0 spiro atoms. The molecule has 4 atom stereocenters. The lowest BCUT2D eigenvalue weighted by Crippen LogP contribution is -2.70. The van der Waals surface area contributed by atoms with Crippen LogP contribution in [0.2, 0.25) is 0 Å². The highest BCUT2D eigenvalue weighted by atomic mass is 16.3. The van der Waals surface area contributed by atoms with Crippen LogP contribution in [-0.4, -0.2) is 10.2 Å².